The quantitative estimate of drug-likeness (QED) is 0.299. The van der Waals surface area contributed by atoms with Crippen LogP contribution in [0.1, 0.15) is 65.7 Å². The normalized spacial score (nSPS) is 18.5. The molecule has 0 unspecified atom stereocenters. The topological polar surface area (TPSA) is 62.4 Å². The Kier molecular flexibility index (Phi) is 5.75. The van der Waals surface area contributed by atoms with Crippen molar-refractivity contribution in [1.82, 2.24) is 10.7 Å². The molecule has 0 aliphatic heterocycles. The van der Waals surface area contributed by atoms with Crippen molar-refractivity contribution in [3.05, 3.63) is 0 Å². The van der Waals surface area contributed by atoms with E-state index in [9.17, 15) is 0 Å². The smallest absolute Gasteiger partial charge is 0.206 e. The summed E-state index contributed by atoms with van der Waals surface area (Å²) in [5.74, 6) is 6.35. The van der Waals surface area contributed by atoms with Gasteiger partial charge in [0.25, 0.3) is 0 Å². The molecule has 0 radical (unpaired) electrons. The van der Waals surface area contributed by atoms with Gasteiger partial charge in [-0.25, -0.2) is 10.8 Å². The maximum absolute atomic E-state index is 5.58. The Morgan fingerprint density at radius 3 is 2.12 bits per heavy atom. The lowest BCUT2D eigenvalue weighted by atomic mass is 9.90. The number of hydrazine groups is 1. The highest BCUT2D eigenvalue weighted by atomic mass is 15.3. The van der Waals surface area contributed by atoms with Crippen LogP contribution in [0.15, 0.2) is 4.99 Å². The second-order valence-electron chi connectivity index (χ2n) is 5.03. The first-order chi connectivity index (χ1) is 8.19. The lowest BCUT2D eigenvalue weighted by Crippen LogP contribution is -2.54. The third kappa shape index (κ3) is 3.87. The average Bonchev–Trinajstić information content (AvgIpc) is 2.87. The molecule has 0 amide bonds. The van der Waals surface area contributed by atoms with E-state index in [2.05, 4.69) is 31.5 Å². The van der Waals surface area contributed by atoms with Gasteiger partial charge in [0.05, 0.1) is 6.04 Å². The fourth-order valence-electron chi connectivity index (χ4n) is 2.59. The molecule has 4 nitrogen and oxygen atoms in total. The first-order valence-corrected chi connectivity index (χ1v) is 7.02. The molecule has 1 saturated carbocycles. The van der Waals surface area contributed by atoms with Crippen molar-refractivity contribution in [1.29, 1.82) is 0 Å². The van der Waals surface area contributed by atoms with E-state index in [0.717, 1.165) is 25.2 Å². The van der Waals surface area contributed by atoms with Gasteiger partial charge in [0.15, 0.2) is 0 Å². The molecule has 0 heterocycles. The minimum absolute atomic E-state index is 0.129. The van der Waals surface area contributed by atoms with Gasteiger partial charge in [-0.15, -0.1) is 0 Å². The van der Waals surface area contributed by atoms with Crippen molar-refractivity contribution in [2.45, 2.75) is 77.3 Å². The third-order valence-electron chi connectivity index (χ3n) is 4.19. The minimum atomic E-state index is 0.129. The molecule has 100 valence electrons. The predicted octanol–water partition coefficient (Wildman–Crippen LogP) is 2.31. The lowest BCUT2D eigenvalue weighted by molar-refractivity contribution is 0.335. The summed E-state index contributed by atoms with van der Waals surface area (Å²) in [4.78, 5) is 4.69. The van der Waals surface area contributed by atoms with Gasteiger partial charge in [-0.3, -0.25) is 5.43 Å². The molecule has 0 aromatic rings. The highest BCUT2D eigenvalue weighted by Gasteiger charge is 2.25. The molecule has 4 heteroatoms. The van der Waals surface area contributed by atoms with Crippen LogP contribution in [-0.4, -0.2) is 17.5 Å². The number of nitrogens with one attached hydrogen (secondary N) is 2. The van der Waals surface area contributed by atoms with Crippen LogP contribution in [0.4, 0.5) is 0 Å². The van der Waals surface area contributed by atoms with E-state index in [1.807, 2.05) is 0 Å². The van der Waals surface area contributed by atoms with Crippen LogP contribution in [0, 0.1) is 0 Å². The second kappa shape index (κ2) is 6.84. The van der Waals surface area contributed by atoms with Gasteiger partial charge in [-0.05, 0) is 32.1 Å². The van der Waals surface area contributed by atoms with Crippen LogP contribution in [-0.2, 0) is 0 Å². The van der Waals surface area contributed by atoms with E-state index < -0.39 is 0 Å². The SMILES string of the molecule is CCC(CC)(CC)NC(=NC1CCCC1)NN. The summed E-state index contributed by atoms with van der Waals surface area (Å²) in [5.41, 5.74) is 2.85. The Hall–Kier alpha value is -0.770. The van der Waals surface area contributed by atoms with Gasteiger partial charge in [0, 0.05) is 5.54 Å². The van der Waals surface area contributed by atoms with E-state index in [4.69, 9.17) is 10.8 Å². The van der Waals surface area contributed by atoms with Crippen LogP contribution in [0.25, 0.3) is 0 Å². The van der Waals surface area contributed by atoms with Crippen molar-refractivity contribution in [3.63, 3.8) is 0 Å². The summed E-state index contributed by atoms with van der Waals surface area (Å²) in [6.45, 7) is 6.64. The van der Waals surface area contributed by atoms with Crippen LogP contribution < -0.4 is 16.6 Å². The van der Waals surface area contributed by atoms with Gasteiger partial charge >= 0.3 is 0 Å². The summed E-state index contributed by atoms with van der Waals surface area (Å²) < 4.78 is 0. The minimum Gasteiger partial charge on any atom is -0.350 e. The molecule has 17 heavy (non-hydrogen) atoms. The van der Waals surface area contributed by atoms with Gasteiger partial charge in [0.2, 0.25) is 5.96 Å². The number of guanidine groups is 1. The van der Waals surface area contributed by atoms with Crippen molar-refractivity contribution in [2.75, 3.05) is 0 Å². The summed E-state index contributed by atoms with van der Waals surface area (Å²) in [6.07, 6.45) is 8.26. The fraction of sp³-hybridized carbons (Fsp3) is 0.923. The number of rotatable bonds is 5. The maximum atomic E-state index is 5.58. The number of hydrogen-bond donors (Lipinski definition) is 3. The van der Waals surface area contributed by atoms with Crippen LogP contribution in [0.2, 0.25) is 0 Å². The van der Waals surface area contributed by atoms with Gasteiger partial charge in [0.1, 0.15) is 0 Å². The van der Waals surface area contributed by atoms with Crippen molar-refractivity contribution >= 4 is 5.96 Å². The van der Waals surface area contributed by atoms with E-state index >= 15 is 0 Å². The molecule has 1 rings (SSSR count). The van der Waals surface area contributed by atoms with Gasteiger partial charge in [-0.2, -0.15) is 0 Å². The molecule has 0 atom stereocenters. The van der Waals surface area contributed by atoms with Gasteiger partial charge < -0.3 is 5.32 Å². The monoisotopic (exact) mass is 240 g/mol. The van der Waals surface area contributed by atoms with Crippen molar-refractivity contribution in [2.24, 2.45) is 10.8 Å². The summed E-state index contributed by atoms with van der Waals surface area (Å²) >= 11 is 0. The molecule has 0 spiro atoms. The first-order valence-electron chi connectivity index (χ1n) is 7.02. The molecule has 0 aromatic heterocycles. The molecule has 1 fully saturated rings. The Morgan fingerprint density at radius 1 is 1.18 bits per heavy atom. The molecular weight excluding hydrogens is 212 g/mol. The molecule has 4 N–H and O–H groups in total. The zero-order valence-electron chi connectivity index (χ0n) is 11.6. The van der Waals surface area contributed by atoms with E-state index in [1.54, 1.807) is 0 Å². The van der Waals surface area contributed by atoms with Gasteiger partial charge in [-0.1, -0.05) is 33.6 Å². The largest absolute Gasteiger partial charge is 0.350 e. The highest BCUT2D eigenvalue weighted by Crippen LogP contribution is 2.22. The van der Waals surface area contributed by atoms with E-state index in [0.29, 0.717) is 6.04 Å². The second-order valence-corrected chi connectivity index (χ2v) is 5.03. The summed E-state index contributed by atoms with van der Waals surface area (Å²) in [5, 5.41) is 3.51. The molecule has 0 aromatic carbocycles. The summed E-state index contributed by atoms with van der Waals surface area (Å²) in [6, 6.07) is 0.455. The Balaban J connectivity index is 2.66. The highest BCUT2D eigenvalue weighted by molar-refractivity contribution is 5.80. The van der Waals surface area contributed by atoms with E-state index in [1.165, 1.54) is 25.7 Å². The number of nitrogens with zero attached hydrogens (tertiary/aromatic N) is 1. The van der Waals surface area contributed by atoms with Crippen LogP contribution >= 0.6 is 0 Å². The molecule has 0 bridgehead atoms. The van der Waals surface area contributed by atoms with Crippen LogP contribution in [0.5, 0.6) is 0 Å². The zero-order valence-corrected chi connectivity index (χ0v) is 11.6. The fourth-order valence-corrected chi connectivity index (χ4v) is 2.59. The Labute approximate surface area is 105 Å². The van der Waals surface area contributed by atoms with Crippen LogP contribution in [0.3, 0.4) is 0 Å². The lowest BCUT2D eigenvalue weighted by Gasteiger charge is -2.33. The Morgan fingerprint density at radius 2 is 1.71 bits per heavy atom. The predicted molar refractivity (Wildman–Crippen MR) is 73.8 cm³/mol. The van der Waals surface area contributed by atoms with E-state index in [-0.39, 0.29) is 5.54 Å². The molecule has 1 aliphatic carbocycles. The number of nitrogens with two attached hydrogens (primary N) is 1. The van der Waals surface area contributed by atoms with Crippen molar-refractivity contribution in [3.8, 4) is 0 Å². The van der Waals surface area contributed by atoms with Crippen molar-refractivity contribution < 1.29 is 0 Å². The first kappa shape index (κ1) is 14.3. The Bertz CT molecular complexity index is 232. The molecular formula is C13H28N4. The third-order valence-corrected chi connectivity index (χ3v) is 4.19. The zero-order chi connectivity index (χ0) is 12.7. The number of aliphatic imine (C=N–C) groups is 1. The summed E-state index contributed by atoms with van der Waals surface area (Å²) in [7, 11) is 0. The average molecular weight is 240 g/mol. The number of hydrogen-bond acceptors (Lipinski definition) is 2. The molecule has 1 aliphatic rings. The molecule has 0 saturated heterocycles. The standard InChI is InChI=1S/C13H28N4/c1-4-13(5-2,6-3)16-12(17-14)15-11-9-7-8-10-11/h11H,4-10,14H2,1-3H3,(H2,15,16,17). The maximum Gasteiger partial charge on any atom is 0.206 e.